The fourth-order valence-electron chi connectivity index (χ4n) is 3.30. The van der Waals surface area contributed by atoms with Gasteiger partial charge in [0.05, 0.1) is 5.57 Å². The normalized spacial score (nSPS) is 14.7. The van der Waals surface area contributed by atoms with E-state index in [-0.39, 0.29) is 5.91 Å². The smallest absolute Gasteiger partial charge is 0.254 e. The lowest BCUT2D eigenvalue weighted by Crippen LogP contribution is -2.49. The number of aliphatic imine (C=N–C) groups is 1. The van der Waals surface area contributed by atoms with E-state index in [1.165, 1.54) is 18.6 Å². The number of carbonyl (C=O) groups excluding carboxylic acids is 1. The lowest BCUT2D eigenvalue weighted by atomic mass is 10.2. The predicted octanol–water partition coefficient (Wildman–Crippen LogP) is 1.21. The molecule has 0 atom stereocenters. The van der Waals surface area contributed by atoms with E-state index in [1.807, 2.05) is 31.3 Å². The number of hydrogen-bond acceptors (Lipinski definition) is 8. The molecule has 4 heterocycles. The third-order valence-electron chi connectivity index (χ3n) is 4.86. The van der Waals surface area contributed by atoms with E-state index in [9.17, 15) is 4.79 Å². The number of piperazine rings is 1. The molecule has 3 aromatic rings. The molecular formula is C20H24N10O. The Bertz CT molecular complexity index is 1150. The molecule has 11 nitrogen and oxygen atoms in total. The number of aryl methyl sites for hydroxylation is 1. The minimum absolute atomic E-state index is 0.146. The molecule has 0 spiro atoms. The fraction of sp³-hybridized carbons (Fsp3) is 0.250. The number of hydrogen-bond donors (Lipinski definition) is 3. The lowest BCUT2D eigenvalue weighted by molar-refractivity contribution is -0.126. The minimum Gasteiger partial charge on any atom is -0.403 e. The van der Waals surface area contributed by atoms with Crippen LogP contribution < -0.4 is 16.0 Å². The molecule has 4 N–H and O–H groups in total. The molecule has 0 radical (unpaired) electrons. The highest BCUT2D eigenvalue weighted by molar-refractivity contribution is 6.11. The van der Waals surface area contributed by atoms with Gasteiger partial charge in [0.1, 0.15) is 5.52 Å². The highest BCUT2D eigenvalue weighted by Crippen LogP contribution is 2.22. The first kappa shape index (κ1) is 20.1. The van der Waals surface area contributed by atoms with Gasteiger partial charge in [0.2, 0.25) is 5.95 Å². The standard InChI is InChI=1S/C20H24N10O/c1-14(13-22-6-5-21)19(31)28-8-10-29(11-9-28)20-24-18(16-4-3-7-30(16)27-20)23-17-12-15(2)25-26-17/h3-7,12-13H,1,8-11,21H2,2H3,(H2,23,24,25,26,27)/b6-5-,22-13?. The zero-order valence-corrected chi connectivity index (χ0v) is 17.2. The second-order valence-electron chi connectivity index (χ2n) is 7.08. The second-order valence-corrected chi connectivity index (χ2v) is 7.08. The van der Waals surface area contributed by atoms with Crippen LogP contribution in [0.2, 0.25) is 0 Å². The number of aromatic nitrogens is 5. The highest BCUT2D eigenvalue weighted by atomic mass is 16.2. The topological polar surface area (TPSA) is 133 Å². The van der Waals surface area contributed by atoms with Crippen LogP contribution in [-0.2, 0) is 4.79 Å². The van der Waals surface area contributed by atoms with Crippen LogP contribution in [0.25, 0.3) is 5.52 Å². The first-order chi connectivity index (χ1) is 15.0. The van der Waals surface area contributed by atoms with Crippen LogP contribution in [0, 0.1) is 6.92 Å². The maximum Gasteiger partial charge on any atom is 0.254 e. The zero-order valence-electron chi connectivity index (χ0n) is 17.2. The summed E-state index contributed by atoms with van der Waals surface area (Å²) in [5.41, 5.74) is 7.36. The molecule has 1 saturated heterocycles. The Morgan fingerprint density at radius 3 is 2.87 bits per heavy atom. The van der Waals surface area contributed by atoms with Gasteiger partial charge in [0.25, 0.3) is 5.91 Å². The Morgan fingerprint density at radius 1 is 1.35 bits per heavy atom. The van der Waals surface area contributed by atoms with E-state index in [0.717, 1.165) is 11.2 Å². The lowest BCUT2D eigenvalue weighted by Gasteiger charge is -2.34. The molecule has 1 amide bonds. The molecule has 0 aromatic carbocycles. The third-order valence-corrected chi connectivity index (χ3v) is 4.86. The molecule has 160 valence electrons. The number of nitrogens with zero attached hydrogens (tertiary/aromatic N) is 7. The van der Waals surface area contributed by atoms with Crippen molar-refractivity contribution in [2.24, 2.45) is 10.7 Å². The number of amides is 1. The maximum absolute atomic E-state index is 12.5. The Labute approximate surface area is 179 Å². The van der Waals surface area contributed by atoms with Gasteiger partial charge < -0.3 is 20.9 Å². The van der Waals surface area contributed by atoms with Crippen LogP contribution in [0.3, 0.4) is 0 Å². The van der Waals surface area contributed by atoms with Crippen molar-refractivity contribution in [3.63, 3.8) is 0 Å². The van der Waals surface area contributed by atoms with Crippen LogP contribution in [0.15, 0.2) is 53.9 Å². The monoisotopic (exact) mass is 420 g/mol. The first-order valence-electron chi connectivity index (χ1n) is 9.82. The molecule has 0 aliphatic carbocycles. The maximum atomic E-state index is 12.5. The number of carbonyl (C=O) groups is 1. The van der Waals surface area contributed by atoms with Crippen molar-refractivity contribution in [1.29, 1.82) is 0 Å². The summed E-state index contributed by atoms with van der Waals surface area (Å²) in [6, 6.07) is 5.76. The average molecular weight is 420 g/mol. The van der Waals surface area contributed by atoms with Crippen LogP contribution in [-0.4, -0.2) is 68.0 Å². The van der Waals surface area contributed by atoms with Crippen molar-refractivity contribution in [3.05, 3.63) is 54.6 Å². The minimum atomic E-state index is -0.146. The molecule has 1 aliphatic heterocycles. The summed E-state index contributed by atoms with van der Waals surface area (Å²) < 4.78 is 1.78. The predicted molar refractivity (Wildman–Crippen MR) is 119 cm³/mol. The molecule has 1 aliphatic rings. The largest absolute Gasteiger partial charge is 0.403 e. The van der Waals surface area contributed by atoms with Crippen LogP contribution in [0.4, 0.5) is 17.6 Å². The summed E-state index contributed by atoms with van der Waals surface area (Å²) in [4.78, 5) is 25.0. The summed E-state index contributed by atoms with van der Waals surface area (Å²) in [6.45, 7) is 8.00. The van der Waals surface area contributed by atoms with Gasteiger partial charge in [-0.15, -0.1) is 5.10 Å². The molecule has 3 aromatic heterocycles. The van der Waals surface area contributed by atoms with Gasteiger partial charge in [-0.3, -0.25) is 14.9 Å². The molecule has 0 bridgehead atoms. The SMILES string of the molecule is C=C(C=N/C=C\N)C(=O)N1CCN(c2nc(Nc3cc(C)[nH]n3)c3cccn3n2)CC1. The van der Waals surface area contributed by atoms with Crippen molar-refractivity contribution in [2.75, 3.05) is 36.4 Å². The summed E-state index contributed by atoms with van der Waals surface area (Å²) in [5, 5.41) is 15.0. The Balaban J connectivity index is 1.47. The van der Waals surface area contributed by atoms with Gasteiger partial charge in [0, 0.05) is 62.8 Å². The van der Waals surface area contributed by atoms with Crippen molar-refractivity contribution in [3.8, 4) is 0 Å². The second kappa shape index (κ2) is 8.69. The molecule has 4 rings (SSSR count). The summed E-state index contributed by atoms with van der Waals surface area (Å²) >= 11 is 0. The third kappa shape index (κ3) is 4.39. The average Bonchev–Trinajstić information content (AvgIpc) is 3.42. The molecule has 1 fully saturated rings. The molecule has 31 heavy (non-hydrogen) atoms. The number of fused-ring (bicyclic) bond motifs is 1. The van der Waals surface area contributed by atoms with E-state index < -0.39 is 0 Å². The number of nitrogens with one attached hydrogen (secondary N) is 2. The van der Waals surface area contributed by atoms with Crippen molar-refractivity contribution in [1.82, 2.24) is 29.7 Å². The zero-order chi connectivity index (χ0) is 21.8. The van der Waals surface area contributed by atoms with Gasteiger partial charge in [-0.2, -0.15) is 10.1 Å². The van der Waals surface area contributed by atoms with Gasteiger partial charge >= 0.3 is 0 Å². The van der Waals surface area contributed by atoms with E-state index in [4.69, 9.17) is 10.7 Å². The Morgan fingerprint density at radius 2 is 2.16 bits per heavy atom. The summed E-state index contributed by atoms with van der Waals surface area (Å²) in [7, 11) is 0. The molecule has 11 heteroatoms. The van der Waals surface area contributed by atoms with Crippen LogP contribution in [0.1, 0.15) is 5.69 Å². The van der Waals surface area contributed by atoms with Gasteiger partial charge in [-0.05, 0) is 19.1 Å². The van der Waals surface area contributed by atoms with E-state index >= 15 is 0 Å². The highest BCUT2D eigenvalue weighted by Gasteiger charge is 2.24. The Kier molecular flexibility index (Phi) is 5.65. The van der Waals surface area contributed by atoms with Crippen LogP contribution in [0.5, 0.6) is 0 Å². The van der Waals surface area contributed by atoms with E-state index in [2.05, 4.69) is 37.1 Å². The van der Waals surface area contributed by atoms with Gasteiger partial charge in [-0.1, -0.05) is 6.58 Å². The van der Waals surface area contributed by atoms with Crippen molar-refractivity contribution in [2.45, 2.75) is 6.92 Å². The molecule has 0 saturated carbocycles. The Hall–Kier alpha value is -4.15. The number of H-pyrrole nitrogens is 1. The van der Waals surface area contributed by atoms with Gasteiger partial charge in [0.15, 0.2) is 11.6 Å². The summed E-state index contributed by atoms with van der Waals surface area (Å²) in [5.74, 6) is 1.79. The quantitative estimate of drug-likeness (QED) is 0.403. The fourth-order valence-corrected chi connectivity index (χ4v) is 3.30. The van der Waals surface area contributed by atoms with Crippen molar-refractivity contribution >= 4 is 35.2 Å². The van der Waals surface area contributed by atoms with Gasteiger partial charge in [-0.25, -0.2) is 4.52 Å². The van der Waals surface area contributed by atoms with Crippen molar-refractivity contribution < 1.29 is 4.79 Å². The molecule has 0 unspecified atom stereocenters. The van der Waals surface area contributed by atoms with E-state index in [0.29, 0.717) is 49.3 Å². The van der Waals surface area contributed by atoms with Crippen LogP contribution >= 0.6 is 0 Å². The number of aromatic amines is 1. The molecular weight excluding hydrogens is 396 g/mol. The van der Waals surface area contributed by atoms with E-state index in [1.54, 1.807) is 9.42 Å². The number of rotatable bonds is 6. The number of nitrogens with two attached hydrogens (primary N) is 1. The first-order valence-corrected chi connectivity index (χ1v) is 9.82. The number of anilines is 3. The summed E-state index contributed by atoms with van der Waals surface area (Å²) in [6.07, 6.45) is 5.99.